The molecule has 94 valence electrons. The van der Waals surface area contributed by atoms with Crippen LogP contribution in [0.4, 0.5) is 4.39 Å². The van der Waals surface area contributed by atoms with Crippen LogP contribution < -0.4 is 5.32 Å². The molecule has 2 rings (SSSR count). The maximum absolute atomic E-state index is 13.3. The van der Waals surface area contributed by atoms with Crippen LogP contribution in [0, 0.1) is 12.7 Å². The molecule has 0 saturated carbocycles. The molecule has 0 aliphatic carbocycles. The number of hydrogen-bond donors (Lipinski definition) is 1. The summed E-state index contributed by atoms with van der Waals surface area (Å²) in [5, 5.41) is 2.74. The molecule has 0 fully saturated rings. The van der Waals surface area contributed by atoms with Crippen LogP contribution in [-0.4, -0.2) is 10.9 Å². The minimum Gasteiger partial charge on any atom is -0.347 e. The lowest BCUT2D eigenvalue weighted by Crippen LogP contribution is -2.22. The fourth-order valence-corrected chi connectivity index (χ4v) is 2.36. The minimum absolute atomic E-state index is 0.297. The number of carbonyl (C=O) groups excluding carboxylic acids is 1. The van der Waals surface area contributed by atoms with Crippen molar-refractivity contribution in [1.82, 2.24) is 10.3 Å². The summed E-state index contributed by atoms with van der Waals surface area (Å²) in [5.74, 6) is -0.745. The van der Waals surface area contributed by atoms with Gasteiger partial charge in [0, 0.05) is 10.4 Å². The van der Waals surface area contributed by atoms with E-state index in [1.807, 2.05) is 6.92 Å². The molecule has 0 saturated heterocycles. The van der Waals surface area contributed by atoms with E-state index in [2.05, 4.69) is 26.2 Å². The largest absolute Gasteiger partial charge is 0.347 e. The molecule has 6 heteroatoms. The third-order valence-electron chi connectivity index (χ3n) is 2.44. The van der Waals surface area contributed by atoms with E-state index in [0.29, 0.717) is 16.6 Å². The number of nitrogens with zero attached hydrogens (tertiary/aromatic N) is 1. The van der Waals surface area contributed by atoms with Gasteiger partial charge in [0.25, 0.3) is 5.91 Å². The zero-order valence-electron chi connectivity index (χ0n) is 9.54. The van der Waals surface area contributed by atoms with Crippen molar-refractivity contribution in [3.63, 3.8) is 0 Å². The number of aryl methyl sites for hydroxylation is 1. The lowest BCUT2D eigenvalue weighted by molar-refractivity contribution is 0.0951. The SMILES string of the molecule is Cc1ncsc1CNC(=O)c1ccc(Br)c(F)c1. The predicted molar refractivity (Wildman–Crippen MR) is 72.1 cm³/mol. The Balaban J connectivity index is 2.04. The topological polar surface area (TPSA) is 42.0 Å². The Bertz CT molecular complexity index is 585. The number of thiazole rings is 1. The van der Waals surface area contributed by atoms with Crippen molar-refractivity contribution >= 4 is 33.2 Å². The summed E-state index contributed by atoms with van der Waals surface area (Å²) in [4.78, 5) is 16.9. The molecule has 1 aromatic carbocycles. The molecule has 0 aliphatic rings. The van der Waals surface area contributed by atoms with Gasteiger partial charge in [-0.1, -0.05) is 0 Å². The number of nitrogens with one attached hydrogen (secondary N) is 1. The second-order valence-electron chi connectivity index (χ2n) is 3.67. The van der Waals surface area contributed by atoms with Crippen molar-refractivity contribution in [2.24, 2.45) is 0 Å². The molecule has 0 bridgehead atoms. The molecule has 1 aromatic heterocycles. The average molecular weight is 329 g/mol. The Morgan fingerprint density at radius 1 is 1.56 bits per heavy atom. The molecule has 18 heavy (non-hydrogen) atoms. The van der Waals surface area contributed by atoms with E-state index in [4.69, 9.17) is 0 Å². The lowest BCUT2D eigenvalue weighted by atomic mass is 10.2. The Morgan fingerprint density at radius 3 is 2.94 bits per heavy atom. The first-order chi connectivity index (χ1) is 8.58. The van der Waals surface area contributed by atoms with Crippen LogP contribution in [0.3, 0.4) is 0 Å². The summed E-state index contributed by atoms with van der Waals surface area (Å²) in [6, 6.07) is 4.29. The van der Waals surface area contributed by atoms with Gasteiger partial charge in [0.1, 0.15) is 5.82 Å². The highest BCUT2D eigenvalue weighted by Crippen LogP contribution is 2.17. The van der Waals surface area contributed by atoms with Crippen molar-refractivity contribution in [1.29, 1.82) is 0 Å². The van der Waals surface area contributed by atoms with E-state index in [1.54, 1.807) is 11.6 Å². The highest BCUT2D eigenvalue weighted by Gasteiger charge is 2.09. The summed E-state index contributed by atoms with van der Waals surface area (Å²) in [7, 11) is 0. The molecule has 0 radical (unpaired) electrons. The second kappa shape index (κ2) is 5.58. The Morgan fingerprint density at radius 2 is 2.33 bits per heavy atom. The zero-order chi connectivity index (χ0) is 13.1. The molecule has 0 unspecified atom stereocenters. The number of rotatable bonds is 3. The summed E-state index contributed by atoms with van der Waals surface area (Å²) < 4.78 is 13.6. The molecule has 0 aliphatic heterocycles. The molecular formula is C12H10BrFN2OS. The number of carbonyl (C=O) groups is 1. The highest BCUT2D eigenvalue weighted by atomic mass is 79.9. The van der Waals surface area contributed by atoms with E-state index in [1.165, 1.54) is 23.5 Å². The van der Waals surface area contributed by atoms with Crippen molar-refractivity contribution in [2.45, 2.75) is 13.5 Å². The van der Waals surface area contributed by atoms with Crippen molar-refractivity contribution in [3.8, 4) is 0 Å². The monoisotopic (exact) mass is 328 g/mol. The van der Waals surface area contributed by atoms with Gasteiger partial charge in [-0.3, -0.25) is 4.79 Å². The van der Waals surface area contributed by atoms with Crippen molar-refractivity contribution < 1.29 is 9.18 Å². The summed E-state index contributed by atoms with van der Waals surface area (Å²) >= 11 is 4.53. The molecule has 1 heterocycles. The van der Waals surface area contributed by atoms with Crippen LogP contribution in [0.1, 0.15) is 20.9 Å². The van der Waals surface area contributed by atoms with E-state index in [-0.39, 0.29) is 5.91 Å². The molecule has 0 spiro atoms. The van der Waals surface area contributed by atoms with Gasteiger partial charge in [-0.25, -0.2) is 9.37 Å². The first kappa shape index (κ1) is 13.2. The Hall–Kier alpha value is -1.27. The standard InChI is InChI=1S/C12H10BrFN2OS/c1-7-11(18-6-16-7)5-15-12(17)8-2-3-9(13)10(14)4-8/h2-4,6H,5H2,1H3,(H,15,17). The molecule has 1 N–H and O–H groups in total. The van der Waals surface area contributed by atoms with E-state index in [0.717, 1.165) is 10.6 Å². The maximum Gasteiger partial charge on any atom is 0.251 e. The third kappa shape index (κ3) is 2.94. The van der Waals surface area contributed by atoms with E-state index < -0.39 is 5.82 Å². The average Bonchev–Trinajstić information content (AvgIpc) is 2.75. The fraction of sp³-hybridized carbons (Fsp3) is 0.167. The Labute approximate surface area is 116 Å². The van der Waals surface area contributed by atoms with Crippen LogP contribution in [0.2, 0.25) is 0 Å². The number of halogens is 2. The highest BCUT2D eigenvalue weighted by molar-refractivity contribution is 9.10. The summed E-state index contributed by atoms with van der Waals surface area (Å²) in [5.41, 5.74) is 2.94. The number of aromatic nitrogens is 1. The van der Waals surface area contributed by atoms with Gasteiger partial charge in [-0.05, 0) is 41.1 Å². The van der Waals surface area contributed by atoms with Gasteiger partial charge in [0.2, 0.25) is 0 Å². The van der Waals surface area contributed by atoms with Crippen LogP contribution in [0.15, 0.2) is 28.2 Å². The smallest absolute Gasteiger partial charge is 0.251 e. The van der Waals surface area contributed by atoms with Crippen LogP contribution >= 0.6 is 27.3 Å². The van der Waals surface area contributed by atoms with Gasteiger partial charge >= 0.3 is 0 Å². The summed E-state index contributed by atoms with van der Waals surface area (Å²) in [6.07, 6.45) is 0. The number of hydrogen-bond acceptors (Lipinski definition) is 3. The zero-order valence-corrected chi connectivity index (χ0v) is 11.9. The van der Waals surface area contributed by atoms with Crippen molar-refractivity contribution in [2.75, 3.05) is 0 Å². The van der Waals surface area contributed by atoms with Crippen LogP contribution in [-0.2, 0) is 6.54 Å². The number of amides is 1. The lowest BCUT2D eigenvalue weighted by Gasteiger charge is -2.05. The minimum atomic E-state index is -0.448. The quantitative estimate of drug-likeness (QED) is 0.939. The van der Waals surface area contributed by atoms with Gasteiger partial charge in [0.15, 0.2) is 0 Å². The molecule has 0 atom stereocenters. The van der Waals surface area contributed by atoms with E-state index >= 15 is 0 Å². The van der Waals surface area contributed by atoms with Gasteiger partial charge < -0.3 is 5.32 Å². The second-order valence-corrected chi connectivity index (χ2v) is 5.47. The van der Waals surface area contributed by atoms with Crippen LogP contribution in [0.25, 0.3) is 0 Å². The first-order valence-electron chi connectivity index (χ1n) is 5.20. The van der Waals surface area contributed by atoms with E-state index in [9.17, 15) is 9.18 Å². The van der Waals surface area contributed by atoms with Gasteiger partial charge in [-0.2, -0.15) is 0 Å². The molecule has 2 aromatic rings. The fourth-order valence-electron chi connectivity index (χ4n) is 1.40. The van der Waals surface area contributed by atoms with Gasteiger partial charge in [-0.15, -0.1) is 11.3 Å². The number of benzene rings is 1. The molecule has 3 nitrogen and oxygen atoms in total. The molecular weight excluding hydrogens is 319 g/mol. The van der Waals surface area contributed by atoms with Crippen LogP contribution in [0.5, 0.6) is 0 Å². The predicted octanol–water partition coefficient (Wildman–Crippen LogP) is 3.28. The Kier molecular flexibility index (Phi) is 4.08. The summed E-state index contributed by atoms with van der Waals surface area (Å²) in [6.45, 7) is 2.30. The van der Waals surface area contributed by atoms with Crippen molar-refractivity contribution in [3.05, 3.63) is 50.1 Å². The first-order valence-corrected chi connectivity index (χ1v) is 6.87. The molecule has 1 amide bonds. The third-order valence-corrected chi connectivity index (χ3v) is 4.01. The normalized spacial score (nSPS) is 10.4. The maximum atomic E-state index is 13.3. The van der Waals surface area contributed by atoms with Gasteiger partial charge in [0.05, 0.1) is 22.2 Å².